The van der Waals surface area contributed by atoms with Crippen molar-refractivity contribution in [1.29, 1.82) is 0 Å². The van der Waals surface area contributed by atoms with E-state index in [-0.39, 0.29) is 0 Å². The maximum atomic E-state index is 5.96. The number of nitrogens with zero attached hydrogens (tertiary/aromatic N) is 2. The van der Waals surface area contributed by atoms with E-state index < -0.39 is 0 Å². The maximum absolute atomic E-state index is 5.96. The molecule has 3 N–H and O–H groups in total. The van der Waals surface area contributed by atoms with Gasteiger partial charge in [-0.05, 0) is 38.4 Å². The summed E-state index contributed by atoms with van der Waals surface area (Å²) < 4.78 is 5.15. The van der Waals surface area contributed by atoms with Crippen molar-refractivity contribution in [2.24, 2.45) is 10.7 Å². The van der Waals surface area contributed by atoms with E-state index in [0.29, 0.717) is 12.0 Å². The van der Waals surface area contributed by atoms with Gasteiger partial charge in [0.2, 0.25) is 0 Å². The zero-order chi connectivity index (χ0) is 15.1. The number of rotatable bonds is 6. The van der Waals surface area contributed by atoms with Crippen LogP contribution in [0.3, 0.4) is 0 Å². The molecular weight excluding hydrogens is 264 g/mol. The molecule has 1 atom stereocenters. The molecular formula is C16H26N4O. The van der Waals surface area contributed by atoms with Crippen molar-refractivity contribution in [3.8, 4) is 0 Å². The predicted octanol–water partition coefficient (Wildman–Crippen LogP) is 1.83. The van der Waals surface area contributed by atoms with Gasteiger partial charge in [-0.1, -0.05) is 17.7 Å². The van der Waals surface area contributed by atoms with Gasteiger partial charge in [0.1, 0.15) is 0 Å². The Balaban J connectivity index is 1.83. The molecule has 5 heteroatoms. The highest BCUT2D eigenvalue weighted by molar-refractivity contribution is 5.92. The first-order valence-corrected chi connectivity index (χ1v) is 7.55. The lowest BCUT2D eigenvalue weighted by molar-refractivity contribution is 0.143. The summed E-state index contributed by atoms with van der Waals surface area (Å²) >= 11 is 0. The molecule has 5 nitrogen and oxygen atoms in total. The number of benzene rings is 1. The van der Waals surface area contributed by atoms with Crippen molar-refractivity contribution in [3.05, 3.63) is 29.8 Å². The number of guanidine groups is 1. The van der Waals surface area contributed by atoms with Crippen LogP contribution >= 0.6 is 0 Å². The van der Waals surface area contributed by atoms with Crippen LogP contribution in [0.15, 0.2) is 29.3 Å². The second kappa shape index (κ2) is 8.00. The fraction of sp³-hybridized carbons (Fsp3) is 0.562. The first-order chi connectivity index (χ1) is 10.2. The summed E-state index contributed by atoms with van der Waals surface area (Å²) in [7, 11) is 1.74. The number of hydrogen-bond acceptors (Lipinski definition) is 3. The normalized spacial score (nSPS) is 19.9. The third kappa shape index (κ3) is 5.02. The van der Waals surface area contributed by atoms with Crippen molar-refractivity contribution in [1.82, 2.24) is 4.90 Å². The number of aliphatic imine (C=N–C) groups is 1. The van der Waals surface area contributed by atoms with E-state index in [9.17, 15) is 0 Å². The number of aryl methyl sites for hydroxylation is 1. The Bertz CT molecular complexity index is 458. The average molecular weight is 290 g/mol. The summed E-state index contributed by atoms with van der Waals surface area (Å²) in [6.45, 7) is 5.69. The van der Waals surface area contributed by atoms with Gasteiger partial charge in [-0.25, -0.2) is 0 Å². The number of nitrogens with two attached hydrogens (primary N) is 1. The van der Waals surface area contributed by atoms with E-state index >= 15 is 0 Å². The molecule has 1 aromatic rings. The Hall–Kier alpha value is -1.59. The van der Waals surface area contributed by atoms with Gasteiger partial charge >= 0.3 is 0 Å². The van der Waals surface area contributed by atoms with Crippen molar-refractivity contribution in [2.75, 3.05) is 38.7 Å². The lowest BCUT2D eigenvalue weighted by atomic mass is 10.2. The third-order valence-corrected chi connectivity index (χ3v) is 3.88. The van der Waals surface area contributed by atoms with Gasteiger partial charge in [0.15, 0.2) is 5.96 Å². The highest BCUT2D eigenvalue weighted by Gasteiger charge is 2.23. The summed E-state index contributed by atoms with van der Waals surface area (Å²) in [5.74, 6) is 0.484. The largest absolute Gasteiger partial charge is 0.383 e. The Labute approximate surface area is 127 Å². The number of methoxy groups -OCH3 is 1. The maximum Gasteiger partial charge on any atom is 0.193 e. The average Bonchev–Trinajstić information content (AvgIpc) is 2.93. The molecule has 1 heterocycles. The molecule has 1 saturated heterocycles. The lowest BCUT2D eigenvalue weighted by Gasteiger charge is -2.22. The van der Waals surface area contributed by atoms with E-state index in [1.165, 1.54) is 18.4 Å². The summed E-state index contributed by atoms with van der Waals surface area (Å²) in [5.41, 5.74) is 8.17. The second-order valence-corrected chi connectivity index (χ2v) is 5.54. The van der Waals surface area contributed by atoms with Gasteiger partial charge in [-0.15, -0.1) is 0 Å². The molecule has 2 rings (SSSR count). The van der Waals surface area contributed by atoms with Crippen LogP contribution in [-0.2, 0) is 4.74 Å². The van der Waals surface area contributed by atoms with E-state index in [4.69, 9.17) is 10.5 Å². The van der Waals surface area contributed by atoms with Crippen LogP contribution in [0.2, 0.25) is 0 Å². The Morgan fingerprint density at radius 3 is 2.90 bits per heavy atom. The molecule has 116 valence electrons. The molecule has 0 bridgehead atoms. The number of hydrogen-bond donors (Lipinski definition) is 2. The molecule has 1 aliphatic heterocycles. The standard InChI is InChI=1S/C16H26N4O/c1-13-5-7-14(8-6-13)19-16(17)18-12-15-4-3-9-20(15)10-11-21-2/h5-8,15H,3-4,9-12H2,1-2H3,(H3,17,18,19). The van der Waals surface area contributed by atoms with E-state index in [1.54, 1.807) is 7.11 Å². The van der Waals surface area contributed by atoms with Gasteiger partial charge in [0, 0.05) is 25.4 Å². The number of ether oxygens (including phenoxy) is 1. The minimum atomic E-state index is 0.484. The van der Waals surface area contributed by atoms with Gasteiger partial charge in [-0.3, -0.25) is 9.89 Å². The zero-order valence-electron chi connectivity index (χ0n) is 13.0. The molecule has 0 aliphatic carbocycles. The molecule has 1 aromatic carbocycles. The van der Waals surface area contributed by atoms with E-state index in [2.05, 4.69) is 34.3 Å². The first kappa shape index (κ1) is 15.8. The zero-order valence-corrected chi connectivity index (χ0v) is 13.0. The molecule has 1 fully saturated rings. The Kier molecular flexibility index (Phi) is 6.02. The quantitative estimate of drug-likeness (QED) is 0.620. The number of anilines is 1. The van der Waals surface area contributed by atoms with Crippen LogP contribution in [-0.4, -0.2) is 50.3 Å². The van der Waals surface area contributed by atoms with E-state index in [0.717, 1.165) is 31.9 Å². The van der Waals surface area contributed by atoms with Crippen molar-refractivity contribution < 1.29 is 4.74 Å². The summed E-state index contributed by atoms with van der Waals surface area (Å²) in [6, 6.07) is 8.62. The predicted molar refractivity (Wildman–Crippen MR) is 87.8 cm³/mol. The highest BCUT2D eigenvalue weighted by atomic mass is 16.5. The molecule has 0 spiro atoms. The topological polar surface area (TPSA) is 62.9 Å². The smallest absolute Gasteiger partial charge is 0.193 e. The molecule has 1 unspecified atom stereocenters. The number of likely N-dealkylation sites (tertiary alicyclic amines) is 1. The summed E-state index contributed by atoms with van der Waals surface area (Å²) in [6.07, 6.45) is 2.42. The fourth-order valence-corrected chi connectivity index (χ4v) is 2.63. The lowest BCUT2D eigenvalue weighted by Crippen LogP contribution is -2.35. The van der Waals surface area contributed by atoms with Crippen LogP contribution in [0.5, 0.6) is 0 Å². The Morgan fingerprint density at radius 1 is 1.43 bits per heavy atom. The van der Waals surface area contributed by atoms with Crippen molar-refractivity contribution >= 4 is 11.6 Å². The van der Waals surface area contributed by atoms with Crippen LogP contribution < -0.4 is 11.1 Å². The number of nitrogens with one attached hydrogen (secondary N) is 1. The monoisotopic (exact) mass is 290 g/mol. The van der Waals surface area contributed by atoms with Crippen LogP contribution in [0.4, 0.5) is 5.69 Å². The molecule has 0 radical (unpaired) electrons. The van der Waals surface area contributed by atoms with E-state index in [1.807, 2.05) is 12.1 Å². The highest BCUT2D eigenvalue weighted by Crippen LogP contribution is 2.17. The minimum Gasteiger partial charge on any atom is -0.383 e. The van der Waals surface area contributed by atoms with Crippen LogP contribution in [0.25, 0.3) is 0 Å². The van der Waals surface area contributed by atoms with Crippen molar-refractivity contribution in [3.63, 3.8) is 0 Å². The van der Waals surface area contributed by atoms with Gasteiger partial charge in [-0.2, -0.15) is 0 Å². The van der Waals surface area contributed by atoms with Gasteiger partial charge in [0.05, 0.1) is 13.2 Å². The van der Waals surface area contributed by atoms with Gasteiger partial charge in [0.25, 0.3) is 0 Å². The minimum absolute atomic E-state index is 0.484. The molecule has 0 saturated carbocycles. The molecule has 1 aliphatic rings. The Morgan fingerprint density at radius 2 is 2.19 bits per heavy atom. The molecule has 0 amide bonds. The third-order valence-electron chi connectivity index (χ3n) is 3.88. The molecule has 21 heavy (non-hydrogen) atoms. The van der Waals surface area contributed by atoms with Crippen molar-refractivity contribution in [2.45, 2.75) is 25.8 Å². The first-order valence-electron chi connectivity index (χ1n) is 7.55. The second-order valence-electron chi connectivity index (χ2n) is 5.54. The SMILES string of the molecule is COCCN1CCCC1CN=C(N)Nc1ccc(C)cc1. The fourth-order valence-electron chi connectivity index (χ4n) is 2.63. The van der Waals surface area contributed by atoms with Crippen LogP contribution in [0, 0.1) is 6.92 Å². The summed E-state index contributed by atoms with van der Waals surface area (Å²) in [4.78, 5) is 6.92. The molecule has 0 aromatic heterocycles. The van der Waals surface area contributed by atoms with Gasteiger partial charge < -0.3 is 15.8 Å². The summed E-state index contributed by atoms with van der Waals surface area (Å²) in [5, 5.41) is 3.14. The van der Waals surface area contributed by atoms with Crippen LogP contribution in [0.1, 0.15) is 18.4 Å².